The lowest BCUT2D eigenvalue weighted by atomic mass is 9.53. The van der Waals surface area contributed by atoms with Crippen molar-refractivity contribution in [3.63, 3.8) is 0 Å². The number of hydrogen-bond acceptors (Lipinski definition) is 6. The summed E-state index contributed by atoms with van der Waals surface area (Å²) in [6.45, 7) is 2.05. The van der Waals surface area contributed by atoms with Gasteiger partial charge in [0.15, 0.2) is 0 Å². The van der Waals surface area contributed by atoms with Gasteiger partial charge in [0.1, 0.15) is 12.2 Å². The van der Waals surface area contributed by atoms with Gasteiger partial charge in [0.2, 0.25) is 0 Å². The number of carbonyl (C=O) groups excluding carboxylic acids is 2. The molecule has 6 nitrogen and oxygen atoms in total. The number of carbonyl (C=O) groups is 2. The summed E-state index contributed by atoms with van der Waals surface area (Å²) in [5.74, 6) is -0.676. The Bertz CT molecular complexity index is 778. The summed E-state index contributed by atoms with van der Waals surface area (Å²) in [7, 11) is 0. The van der Waals surface area contributed by atoms with E-state index in [9.17, 15) is 14.7 Å². The first-order valence-electron chi connectivity index (χ1n) is 8.88. The predicted octanol–water partition coefficient (Wildman–Crippen LogP) is 2.29. The van der Waals surface area contributed by atoms with Gasteiger partial charge in [-0.25, -0.2) is 4.79 Å². The van der Waals surface area contributed by atoms with Crippen LogP contribution in [0.15, 0.2) is 34.2 Å². The fraction of sp³-hybridized carbons (Fsp3) is 0.579. The Hall–Kier alpha value is -2.08. The van der Waals surface area contributed by atoms with Crippen molar-refractivity contribution in [3.05, 3.63) is 35.3 Å². The zero-order valence-electron chi connectivity index (χ0n) is 13.9. The number of ether oxygens (including phenoxy) is 2. The Balaban J connectivity index is 1.61. The molecule has 1 N–H and O–H groups in total. The van der Waals surface area contributed by atoms with Gasteiger partial charge in [-0.05, 0) is 36.8 Å². The number of aliphatic hydroxyl groups excluding tert-OH is 1. The normalized spacial score (nSPS) is 42.6. The fourth-order valence-corrected chi connectivity index (χ4v) is 5.50. The third kappa shape index (κ3) is 1.83. The molecule has 0 bridgehead atoms. The summed E-state index contributed by atoms with van der Waals surface area (Å²) in [5, 5.41) is 10.3. The van der Waals surface area contributed by atoms with Gasteiger partial charge in [-0.15, -0.1) is 0 Å². The minimum absolute atomic E-state index is 0.0399. The molecule has 4 aliphatic rings. The molecule has 2 aliphatic carbocycles. The number of hydrogen-bond donors (Lipinski definition) is 1. The quantitative estimate of drug-likeness (QED) is 0.787. The van der Waals surface area contributed by atoms with Gasteiger partial charge in [-0.3, -0.25) is 4.79 Å². The van der Waals surface area contributed by atoms with Gasteiger partial charge in [0.25, 0.3) is 0 Å². The molecule has 1 saturated heterocycles. The Morgan fingerprint density at radius 3 is 2.80 bits per heavy atom. The summed E-state index contributed by atoms with van der Waals surface area (Å²) in [4.78, 5) is 25.3. The SMILES string of the molecule is C[C@@H]1C[C@H]2OC(=O)C3=C2[C@H](CC[C@@H]3O)[C@@]12C[C@@H](c1ccoc1)OC2=O. The number of aliphatic hydroxyl groups is 1. The highest BCUT2D eigenvalue weighted by Crippen LogP contribution is 2.62. The molecular weight excluding hydrogens is 324 g/mol. The molecule has 132 valence electrons. The van der Waals surface area contributed by atoms with Gasteiger partial charge in [-0.2, -0.15) is 0 Å². The molecule has 1 aromatic rings. The molecule has 0 aromatic carbocycles. The first kappa shape index (κ1) is 15.2. The molecule has 25 heavy (non-hydrogen) atoms. The van der Waals surface area contributed by atoms with E-state index >= 15 is 0 Å². The third-order valence-corrected chi connectivity index (χ3v) is 6.70. The molecule has 1 saturated carbocycles. The van der Waals surface area contributed by atoms with Crippen molar-refractivity contribution in [2.75, 3.05) is 0 Å². The second-order valence-corrected chi connectivity index (χ2v) is 7.74. The average Bonchev–Trinajstić information content (AvgIpc) is 3.27. The Kier molecular flexibility index (Phi) is 3.02. The lowest BCUT2D eigenvalue weighted by Gasteiger charge is -2.47. The van der Waals surface area contributed by atoms with E-state index in [0.29, 0.717) is 31.3 Å². The van der Waals surface area contributed by atoms with Crippen molar-refractivity contribution in [1.29, 1.82) is 0 Å². The topological polar surface area (TPSA) is 86.0 Å². The van der Waals surface area contributed by atoms with Crippen LogP contribution >= 0.6 is 0 Å². The average molecular weight is 344 g/mol. The van der Waals surface area contributed by atoms with E-state index in [2.05, 4.69) is 0 Å². The maximum absolute atomic E-state index is 13.1. The van der Waals surface area contributed by atoms with Crippen molar-refractivity contribution in [1.82, 2.24) is 0 Å². The summed E-state index contributed by atoms with van der Waals surface area (Å²) in [5.41, 5.74) is 1.45. The number of cyclic esters (lactones) is 1. The van der Waals surface area contributed by atoms with Crippen molar-refractivity contribution in [2.45, 2.75) is 50.9 Å². The van der Waals surface area contributed by atoms with Crippen LogP contribution < -0.4 is 0 Å². The highest BCUT2D eigenvalue weighted by atomic mass is 16.6. The third-order valence-electron chi connectivity index (χ3n) is 6.70. The molecule has 0 unspecified atom stereocenters. The minimum atomic E-state index is -0.781. The van der Waals surface area contributed by atoms with Gasteiger partial charge < -0.3 is 19.0 Å². The number of esters is 2. The lowest BCUT2D eigenvalue weighted by molar-refractivity contribution is -0.156. The second kappa shape index (κ2) is 4.97. The zero-order chi connectivity index (χ0) is 17.3. The number of rotatable bonds is 1. The summed E-state index contributed by atoms with van der Waals surface area (Å²) in [6, 6.07) is 1.82. The maximum Gasteiger partial charge on any atom is 0.337 e. The lowest BCUT2D eigenvalue weighted by Crippen LogP contribution is -2.50. The molecule has 2 fully saturated rings. The molecule has 3 heterocycles. The van der Waals surface area contributed by atoms with Crippen LogP contribution in [0.3, 0.4) is 0 Å². The molecular formula is C19H20O6. The van der Waals surface area contributed by atoms with E-state index in [4.69, 9.17) is 13.9 Å². The highest BCUT2D eigenvalue weighted by molar-refractivity contribution is 5.95. The van der Waals surface area contributed by atoms with Crippen LogP contribution in [0.4, 0.5) is 0 Å². The van der Waals surface area contributed by atoms with E-state index in [1.807, 2.05) is 13.0 Å². The molecule has 6 atom stereocenters. The summed E-state index contributed by atoms with van der Waals surface area (Å²) in [6.07, 6.45) is 4.11. The zero-order valence-corrected chi connectivity index (χ0v) is 13.9. The number of fused-ring (bicyclic) bond motifs is 1. The standard InChI is InChI=1S/C19H20O6/c1-9-6-13-15-11(2-3-12(20)16(15)17(21)24-13)19(9)7-14(25-18(19)22)10-4-5-23-8-10/h4-5,8-9,11-14,20H,2-3,6-7H2,1H3/t9-,11+,12+,13-,14+,19-/m1/s1. The predicted molar refractivity (Wildman–Crippen MR) is 84.0 cm³/mol. The van der Waals surface area contributed by atoms with E-state index in [0.717, 1.165) is 11.1 Å². The Labute approximate surface area is 144 Å². The van der Waals surface area contributed by atoms with Crippen molar-refractivity contribution < 1.29 is 28.6 Å². The Morgan fingerprint density at radius 2 is 2.04 bits per heavy atom. The molecule has 0 radical (unpaired) electrons. The van der Waals surface area contributed by atoms with Gasteiger partial charge in [0.05, 0.1) is 29.6 Å². The van der Waals surface area contributed by atoms with E-state index in [1.165, 1.54) is 0 Å². The van der Waals surface area contributed by atoms with E-state index in [1.54, 1.807) is 12.5 Å². The first-order valence-corrected chi connectivity index (χ1v) is 8.88. The fourth-order valence-electron chi connectivity index (χ4n) is 5.50. The summed E-state index contributed by atoms with van der Waals surface area (Å²) >= 11 is 0. The van der Waals surface area contributed by atoms with Crippen LogP contribution in [0, 0.1) is 17.3 Å². The minimum Gasteiger partial charge on any atom is -0.472 e. The maximum atomic E-state index is 13.1. The van der Waals surface area contributed by atoms with Crippen molar-refractivity contribution in [3.8, 4) is 0 Å². The molecule has 1 aromatic heterocycles. The van der Waals surface area contributed by atoms with Crippen LogP contribution in [-0.4, -0.2) is 29.3 Å². The molecule has 0 amide bonds. The van der Waals surface area contributed by atoms with Gasteiger partial charge in [0, 0.05) is 17.9 Å². The summed E-state index contributed by atoms with van der Waals surface area (Å²) < 4.78 is 16.4. The highest BCUT2D eigenvalue weighted by Gasteiger charge is 2.64. The first-order chi connectivity index (χ1) is 12.0. The molecule has 2 aliphatic heterocycles. The van der Waals surface area contributed by atoms with Gasteiger partial charge in [-0.1, -0.05) is 6.92 Å². The van der Waals surface area contributed by atoms with Crippen LogP contribution in [0.1, 0.15) is 44.3 Å². The van der Waals surface area contributed by atoms with Gasteiger partial charge >= 0.3 is 11.9 Å². The second-order valence-electron chi connectivity index (χ2n) is 7.74. The monoisotopic (exact) mass is 344 g/mol. The molecule has 1 spiro atoms. The van der Waals surface area contributed by atoms with Crippen LogP contribution in [0.25, 0.3) is 0 Å². The van der Waals surface area contributed by atoms with Crippen LogP contribution in [0.5, 0.6) is 0 Å². The largest absolute Gasteiger partial charge is 0.472 e. The Morgan fingerprint density at radius 1 is 1.20 bits per heavy atom. The smallest absolute Gasteiger partial charge is 0.337 e. The molecule has 6 heteroatoms. The van der Waals surface area contributed by atoms with E-state index in [-0.39, 0.29) is 30.0 Å². The van der Waals surface area contributed by atoms with Crippen molar-refractivity contribution >= 4 is 11.9 Å². The van der Waals surface area contributed by atoms with Crippen LogP contribution in [-0.2, 0) is 19.1 Å². The van der Waals surface area contributed by atoms with Crippen LogP contribution in [0.2, 0.25) is 0 Å². The number of furan rings is 1. The van der Waals surface area contributed by atoms with Crippen molar-refractivity contribution in [2.24, 2.45) is 17.3 Å². The molecule has 5 rings (SSSR count). The van der Waals surface area contributed by atoms with E-state index < -0.39 is 17.5 Å².